The Hall–Kier alpha value is -2.14. The summed E-state index contributed by atoms with van der Waals surface area (Å²) in [4.78, 5) is 11.1. The van der Waals surface area contributed by atoms with Gasteiger partial charge in [0.25, 0.3) is 5.91 Å². The number of amides is 1. The van der Waals surface area contributed by atoms with E-state index in [1.165, 1.54) is 22.8 Å². The molecular formula is C20H21ClN2O2. The average Bonchev–Trinajstić information content (AvgIpc) is 3.03. The molecule has 2 aromatic rings. The number of carbonyl (C=O) groups is 1. The van der Waals surface area contributed by atoms with E-state index in [2.05, 4.69) is 29.6 Å². The van der Waals surface area contributed by atoms with E-state index in [0.717, 1.165) is 36.4 Å². The van der Waals surface area contributed by atoms with Crippen LogP contribution in [-0.4, -0.2) is 17.7 Å². The molecule has 2 aromatic carbocycles. The van der Waals surface area contributed by atoms with Crippen LogP contribution in [-0.2, 0) is 17.6 Å². The number of carbonyl (C=O) groups excluding carboxylic acids is 1. The molecule has 1 aliphatic rings. The molecule has 4 nitrogen and oxygen atoms in total. The van der Waals surface area contributed by atoms with Crippen LogP contribution in [0, 0.1) is 0 Å². The Kier molecular flexibility index (Phi) is 5.87. The molecule has 0 aliphatic heterocycles. The Balaban J connectivity index is 1.57. The van der Waals surface area contributed by atoms with Gasteiger partial charge in [-0.25, -0.2) is 5.48 Å². The normalized spacial score (nSPS) is 16.2. The smallest absolute Gasteiger partial charge is 0.267 e. The lowest BCUT2D eigenvalue weighted by atomic mass is 10.0. The van der Waals surface area contributed by atoms with E-state index in [1.54, 1.807) is 11.6 Å². The molecule has 1 unspecified atom stereocenters. The Bertz CT molecular complexity index is 772. The molecule has 130 valence electrons. The summed E-state index contributed by atoms with van der Waals surface area (Å²) in [5.41, 5.74) is 6.48. The molecule has 0 aromatic heterocycles. The molecule has 25 heavy (non-hydrogen) atoms. The van der Waals surface area contributed by atoms with Gasteiger partial charge in [0.15, 0.2) is 0 Å². The van der Waals surface area contributed by atoms with Gasteiger partial charge >= 0.3 is 0 Å². The van der Waals surface area contributed by atoms with E-state index in [1.807, 2.05) is 18.2 Å². The van der Waals surface area contributed by atoms with Crippen molar-refractivity contribution in [2.75, 3.05) is 6.54 Å². The van der Waals surface area contributed by atoms with E-state index in [4.69, 9.17) is 16.8 Å². The monoisotopic (exact) mass is 356 g/mol. The molecule has 0 spiro atoms. The van der Waals surface area contributed by atoms with Gasteiger partial charge in [-0.2, -0.15) is 0 Å². The fourth-order valence-electron chi connectivity index (χ4n) is 3.20. The molecule has 5 heteroatoms. The number of fused-ring (bicyclic) bond motifs is 1. The third-order valence-electron chi connectivity index (χ3n) is 4.50. The van der Waals surface area contributed by atoms with Crippen LogP contribution >= 0.6 is 11.6 Å². The van der Waals surface area contributed by atoms with Crippen LogP contribution in [0.5, 0.6) is 0 Å². The van der Waals surface area contributed by atoms with E-state index in [0.29, 0.717) is 6.04 Å². The van der Waals surface area contributed by atoms with E-state index in [-0.39, 0.29) is 0 Å². The summed E-state index contributed by atoms with van der Waals surface area (Å²) >= 11 is 5.91. The van der Waals surface area contributed by atoms with Crippen LogP contribution in [0.15, 0.2) is 48.5 Å². The fraction of sp³-hybridized carbons (Fsp3) is 0.250. The predicted molar refractivity (Wildman–Crippen MR) is 99.6 cm³/mol. The number of rotatable bonds is 6. The minimum atomic E-state index is -0.526. The van der Waals surface area contributed by atoms with Crippen molar-refractivity contribution in [1.29, 1.82) is 0 Å². The number of halogens is 1. The summed E-state index contributed by atoms with van der Waals surface area (Å²) in [6.07, 6.45) is 6.10. The van der Waals surface area contributed by atoms with Crippen molar-refractivity contribution in [3.05, 3.63) is 75.8 Å². The van der Waals surface area contributed by atoms with Gasteiger partial charge in [-0.3, -0.25) is 10.0 Å². The van der Waals surface area contributed by atoms with Crippen LogP contribution in [0.25, 0.3) is 6.08 Å². The molecule has 3 N–H and O–H groups in total. The minimum Gasteiger partial charge on any atom is -0.310 e. The molecule has 1 aliphatic carbocycles. The van der Waals surface area contributed by atoms with Gasteiger partial charge in [-0.15, -0.1) is 0 Å². The van der Waals surface area contributed by atoms with Crippen LogP contribution in [0.2, 0.25) is 5.02 Å². The van der Waals surface area contributed by atoms with Crippen molar-refractivity contribution in [1.82, 2.24) is 10.8 Å². The van der Waals surface area contributed by atoms with Gasteiger partial charge in [0.1, 0.15) is 0 Å². The lowest BCUT2D eigenvalue weighted by Gasteiger charge is -2.14. The number of aryl methyl sites for hydroxylation is 1. The van der Waals surface area contributed by atoms with Gasteiger partial charge in [0.05, 0.1) is 0 Å². The average molecular weight is 357 g/mol. The highest BCUT2D eigenvalue weighted by atomic mass is 35.5. The Morgan fingerprint density at radius 1 is 1.24 bits per heavy atom. The first-order valence-electron chi connectivity index (χ1n) is 8.38. The van der Waals surface area contributed by atoms with Crippen molar-refractivity contribution in [3.8, 4) is 0 Å². The molecule has 0 saturated carbocycles. The molecule has 0 saturated heterocycles. The second-order valence-corrected chi connectivity index (χ2v) is 6.63. The number of benzene rings is 2. The number of hydrogen-bond donors (Lipinski definition) is 3. The van der Waals surface area contributed by atoms with E-state index >= 15 is 0 Å². The molecule has 0 fully saturated rings. The topological polar surface area (TPSA) is 61.4 Å². The highest BCUT2D eigenvalue weighted by Crippen LogP contribution is 2.32. The highest BCUT2D eigenvalue weighted by Gasteiger charge is 2.21. The first-order valence-corrected chi connectivity index (χ1v) is 8.76. The van der Waals surface area contributed by atoms with E-state index in [9.17, 15) is 4.79 Å². The van der Waals surface area contributed by atoms with Gasteiger partial charge in [0, 0.05) is 17.1 Å². The SMILES string of the molecule is O=C(/C=C/c1ccc2c(c1)CCC2NCCc1ccc(Cl)cc1)NO. The van der Waals surface area contributed by atoms with Crippen molar-refractivity contribution in [2.45, 2.75) is 25.3 Å². The van der Waals surface area contributed by atoms with Crippen LogP contribution in [0.3, 0.4) is 0 Å². The summed E-state index contributed by atoms with van der Waals surface area (Å²) in [6.45, 7) is 0.921. The maximum atomic E-state index is 11.1. The second kappa shape index (κ2) is 8.30. The predicted octanol–water partition coefficient (Wildman–Crippen LogP) is 3.68. The van der Waals surface area contributed by atoms with Gasteiger partial charge in [0.2, 0.25) is 0 Å². The Labute approximate surface area is 152 Å². The van der Waals surface area contributed by atoms with E-state index < -0.39 is 5.91 Å². The van der Waals surface area contributed by atoms with Gasteiger partial charge < -0.3 is 5.32 Å². The Morgan fingerprint density at radius 3 is 2.80 bits per heavy atom. The highest BCUT2D eigenvalue weighted by molar-refractivity contribution is 6.30. The van der Waals surface area contributed by atoms with Crippen molar-refractivity contribution in [2.24, 2.45) is 0 Å². The van der Waals surface area contributed by atoms with Gasteiger partial charge in [-0.05, 0) is 66.3 Å². The maximum absolute atomic E-state index is 11.1. The summed E-state index contributed by atoms with van der Waals surface area (Å²) in [5.74, 6) is -0.526. The lowest BCUT2D eigenvalue weighted by molar-refractivity contribution is -0.124. The molecule has 0 radical (unpaired) electrons. The fourth-order valence-corrected chi connectivity index (χ4v) is 3.33. The number of nitrogens with one attached hydrogen (secondary N) is 2. The summed E-state index contributed by atoms with van der Waals surface area (Å²) in [5, 5.41) is 12.9. The Morgan fingerprint density at radius 2 is 2.04 bits per heavy atom. The molecule has 3 rings (SSSR count). The van der Waals surface area contributed by atoms with Crippen molar-refractivity contribution >= 4 is 23.6 Å². The zero-order chi connectivity index (χ0) is 17.6. The second-order valence-electron chi connectivity index (χ2n) is 6.19. The van der Waals surface area contributed by atoms with Gasteiger partial charge in [-0.1, -0.05) is 41.9 Å². The first kappa shape index (κ1) is 17.7. The standard InChI is InChI=1S/C20H21ClN2O2/c21-17-6-1-14(2-7-17)11-12-22-19-9-5-16-13-15(3-8-18(16)19)4-10-20(24)23-25/h1-4,6-8,10,13,19,22,25H,5,9,11-12H2,(H,23,24)/b10-4+. The summed E-state index contributed by atoms with van der Waals surface area (Å²) in [7, 11) is 0. The number of hydroxylamine groups is 1. The van der Waals surface area contributed by atoms with Crippen LogP contribution < -0.4 is 10.8 Å². The maximum Gasteiger partial charge on any atom is 0.267 e. The largest absolute Gasteiger partial charge is 0.310 e. The molecule has 0 bridgehead atoms. The number of hydrogen-bond acceptors (Lipinski definition) is 3. The molecule has 1 amide bonds. The summed E-state index contributed by atoms with van der Waals surface area (Å²) < 4.78 is 0. The third-order valence-corrected chi connectivity index (χ3v) is 4.75. The van der Waals surface area contributed by atoms with Crippen molar-refractivity contribution in [3.63, 3.8) is 0 Å². The molecule has 0 heterocycles. The minimum absolute atomic E-state index is 0.376. The lowest BCUT2D eigenvalue weighted by Crippen LogP contribution is -2.21. The first-order chi connectivity index (χ1) is 12.2. The van der Waals surface area contributed by atoms with Crippen LogP contribution in [0.1, 0.15) is 34.7 Å². The third kappa shape index (κ3) is 4.69. The quantitative estimate of drug-likeness (QED) is 0.420. The molecular weight excluding hydrogens is 336 g/mol. The van der Waals surface area contributed by atoms with Crippen molar-refractivity contribution < 1.29 is 10.0 Å². The molecule has 1 atom stereocenters. The summed E-state index contributed by atoms with van der Waals surface area (Å²) in [6, 6.07) is 14.6. The zero-order valence-electron chi connectivity index (χ0n) is 13.8. The van der Waals surface area contributed by atoms with Crippen LogP contribution in [0.4, 0.5) is 0 Å². The zero-order valence-corrected chi connectivity index (χ0v) is 14.6.